The summed E-state index contributed by atoms with van der Waals surface area (Å²) < 4.78 is 2.74. The Balaban J connectivity index is 0.000000117. The molecule has 7 N–H and O–H groups in total. The highest BCUT2D eigenvalue weighted by atomic mass is 35.5. The van der Waals surface area contributed by atoms with Crippen molar-refractivity contribution in [3.63, 3.8) is 0 Å². The van der Waals surface area contributed by atoms with Crippen LogP contribution in [0.25, 0.3) is 99.9 Å². The van der Waals surface area contributed by atoms with Crippen LogP contribution in [0.3, 0.4) is 0 Å². The number of para-hydroxylation sites is 10. The van der Waals surface area contributed by atoms with Gasteiger partial charge in [0.25, 0.3) is 16.7 Å². The summed E-state index contributed by atoms with van der Waals surface area (Å²) in [6.45, 7) is 0. The van der Waals surface area contributed by atoms with Gasteiger partial charge in [-0.3, -0.25) is 52.3 Å². The lowest BCUT2D eigenvalue weighted by molar-refractivity contribution is 0.986. The van der Waals surface area contributed by atoms with Gasteiger partial charge in [-0.05, 0) is 97.1 Å². The van der Waals surface area contributed by atoms with E-state index in [-0.39, 0.29) is 26.6 Å². The molecule has 0 unspecified atom stereocenters. The molecule has 0 radical (unpaired) electrons. The van der Waals surface area contributed by atoms with Crippen LogP contribution in [0, 0.1) is 0 Å². The molecular formula is C62H39Cl3N14O9. The SMILES string of the molecule is O=c1[nH]c2ccc(-n3c(=O)c(=O)[nH]c4ccccc43)cc2[nH]c1=O.O=c1[nH]c2ccccc2[nH]c1=O.O=c1[nH]c2ccccc2nc1-c1ccccc1.O=c1c(Cl)nc2ccccc2n1-c1ccc2nc(Cl)c(Cl)nc2c1.O=c1cnc2ccccc2[nH]1. The molecule has 0 aliphatic carbocycles. The number of benzene rings is 8. The highest BCUT2D eigenvalue weighted by molar-refractivity contribution is 6.40. The molecule has 0 aliphatic heterocycles. The minimum Gasteiger partial charge on any atom is -0.319 e. The number of rotatable bonds is 3. The molecule has 0 atom stereocenters. The molecule has 7 aromatic heterocycles. The van der Waals surface area contributed by atoms with E-state index in [4.69, 9.17) is 34.8 Å². The minimum atomic E-state index is -0.789. The van der Waals surface area contributed by atoms with Crippen molar-refractivity contribution in [3.8, 4) is 22.6 Å². The summed E-state index contributed by atoms with van der Waals surface area (Å²) in [6.07, 6.45) is 1.28. The average molecular weight is 1230 g/mol. The van der Waals surface area contributed by atoms with E-state index in [1.807, 2.05) is 91.0 Å². The van der Waals surface area contributed by atoms with E-state index in [0.717, 1.165) is 27.6 Å². The van der Waals surface area contributed by atoms with Crippen LogP contribution >= 0.6 is 34.8 Å². The standard InChI is InChI=1S/C16H7Cl3N4O.C16H10N4O4.C14H10N2O.C8H6N2O2.C8H6N2O/c17-13-14(18)22-11-7-8(5-6-9(11)20-13)23-12-4-2-1-3-10(12)21-15(19)16(23)24;21-13-14(22)19-11-7-8(5-6-9(11)17-13)20-12-4-2-1-3-10(12)18-15(23)16(20)24;17-14-13(10-6-2-1-3-7-10)15-11-8-4-5-9-12(11)16-14;11-7-8(12)10-6-4-2-1-3-5(6)9-7;11-8-5-9-6-3-1-2-4-7(6)10-8/h1-7H;1-7H,(H,17,21)(H,18,23)(H,19,22);1-9H,(H,16,17);1-4H,(H,9,11)(H,10,12);1-5H,(H,10,11). The summed E-state index contributed by atoms with van der Waals surface area (Å²) in [5, 5.41) is 0.131. The fourth-order valence-corrected chi connectivity index (χ4v) is 9.47. The topological polar surface area (TPSA) is 338 Å². The van der Waals surface area contributed by atoms with Gasteiger partial charge in [-0.25, -0.2) is 24.9 Å². The first kappa shape index (κ1) is 58.0. The Kier molecular flexibility index (Phi) is 16.6. The van der Waals surface area contributed by atoms with Gasteiger partial charge in [-0.2, -0.15) is 0 Å². The summed E-state index contributed by atoms with van der Waals surface area (Å²) in [5.74, 6) is 0. The molecule has 0 spiro atoms. The van der Waals surface area contributed by atoms with Gasteiger partial charge in [0, 0.05) is 5.56 Å². The lowest BCUT2D eigenvalue weighted by atomic mass is 10.1. The number of halogens is 3. The van der Waals surface area contributed by atoms with Crippen molar-refractivity contribution < 1.29 is 0 Å². The largest absolute Gasteiger partial charge is 0.321 e. The Morgan fingerprint density at radius 2 is 0.761 bits per heavy atom. The number of nitrogens with zero attached hydrogens (tertiary/aromatic N) is 7. The molecule has 88 heavy (non-hydrogen) atoms. The molecule has 0 amide bonds. The first-order chi connectivity index (χ1) is 42.6. The molecule has 0 saturated carbocycles. The maximum absolute atomic E-state index is 12.5. The summed E-state index contributed by atoms with van der Waals surface area (Å²) in [5.41, 5.74) is 5.87. The Morgan fingerprint density at radius 1 is 0.307 bits per heavy atom. The maximum atomic E-state index is 12.5. The molecule has 0 aliphatic rings. The lowest BCUT2D eigenvalue weighted by Crippen LogP contribution is -2.35. The number of hydrogen-bond donors (Lipinski definition) is 7. The zero-order valence-corrected chi connectivity index (χ0v) is 47.2. The van der Waals surface area contributed by atoms with Crippen LogP contribution in [0.4, 0.5) is 0 Å². The summed E-state index contributed by atoms with van der Waals surface area (Å²) in [7, 11) is 0. The van der Waals surface area contributed by atoms with E-state index in [1.54, 1.807) is 91.0 Å². The molecule has 0 saturated heterocycles. The molecule has 26 heteroatoms. The molecule has 0 fully saturated rings. The van der Waals surface area contributed by atoms with Crippen molar-refractivity contribution in [1.82, 2.24) is 68.9 Å². The third-order valence-corrected chi connectivity index (χ3v) is 13.9. The van der Waals surface area contributed by atoms with Crippen LogP contribution < -0.4 is 50.0 Å². The zero-order valence-electron chi connectivity index (χ0n) is 44.9. The molecule has 23 nitrogen and oxygen atoms in total. The van der Waals surface area contributed by atoms with E-state index in [2.05, 4.69) is 59.8 Å². The molecule has 0 bridgehead atoms. The fraction of sp³-hybridized carbons (Fsp3) is 0. The number of nitrogens with one attached hydrogen (secondary N) is 7. The summed E-state index contributed by atoms with van der Waals surface area (Å²) >= 11 is 17.8. The van der Waals surface area contributed by atoms with Gasteiger partial charge in [-0.1, -0.05) is 126 Å². The van der Waals surface area contributed by atoms with Crippen molar-refractivity contribution in [3.05, 3.63) is 303 Å². The Morgan fingerprint density at radius 3 is 1.42 bits per heavy atom. The fourth-order valence-electron chi connectivity index (χ4n) is 9.02. The number of aromatic amines is 7. The highest BCUT2D eigenvalue weighted by Crippen LogP contribution is 2.25. The second kappa shape index (κ2) is 25.2. The van der Waals surface area contributed by atoms with Gasteiger partial charge in [-0.15, -0.1) is 0 Å². The van der Waals surface area contributed by atoms with Gasteiger partial charge in [0.1, 0.15) is 5.69 Å². The van der Waals surface area contributed by atoms with Crippen LogP contribution in [-0.2, 0) is 0 Å². The van der Waals surface area contributed by atoms with E-state index >= 15 is 0 Å². The van der Waals surface area contributed by atoms with Crippen molar-refractivity contribution in [2.24, 2.45) is 0 Å². The Bertz CT molecular complexity index is 5740. The van der Waals surface area contributed by atoms with Crippen molar-refractivity contribution in [2.45, 2.75) is 0 Å². The van der Waals surface area contributed by atoms with Gasteiger partial charge in [0.15, 0.2) is 15.5 Å². The maximum Gasteiger partial charge on any atom is 0.321 e. The zero-order chi connectivity index (χ0) is 61.6. The number of H-pyrrole nitrogens is 7. The molecule has 15 rings (SSSR count). The van der Waals surface area contributed by atoms with Gasteiger partial charge in [0.05, 0.1) is 94.8 Å². The van der Waals surface area contributed by atoms with Gasteiger partial charge in [0.2, 0.25) is 0 Å². The van der Waals surface area contributed by atoms with E-state index < -0.39 is 38.9 Å². The quantitative estimate of drug-likeness (QED) is 0.0820. The van der Waals surface area contributed by atoms with Gasteiger partial charge < -0.3 is 34.9 Å². The third kappa shape index (κ3) is 12.5. The normalized spacial score (nSPS) is 10.9. The molecule has 432 valence electrons. The highest BCUT2D eigenvalue weighted by Gasteiger charge is 2.15. The number of aromatic nitrogens is 14. The predicted molar refractivity (Wildman–Crippen MR) is 340 cm³/mol. The number of hydrogen-bond acceptors (Lipinski definition) is 14. The molecule has 8 aromatic carbocycles. The third-order valence-electron chi connectivity index (χ3n) is 13.1. The smallest absolute Gasteiger partial charge is 0.319 e. The van der Waals surface area contributed by atoms with Crippen molar-refractivity contribution >= 4 is 112 Å². The van der Waals surface area contributed by atoms with Crippen LogP contribution in [0.1, 0.15) is 0 Å². The monoisotopic (exact) mass is 1230 g/mol. The Labute approximate surface area is 503 Å². The van der Waals surface area contributed by atoms with Crippen LogP contribution in [0.2, 0.25) is 15.5 Å². The van der Waals surface area contributed by atoms with E-state index in [9.17, 15) is 43.2 Å². The first-order valence-corrected chi connectivity index (χ1v) is 27.2. The van der Waals surface area contributed by atoms with E-state index in [1.165, 1.54) is 21.4 Å². The first-order valence-electron chi connectivity index (χ1n) is 26.1. The van der Waals surface area contributed by atoms with E-state index in [0.29, 0.717) is 72.2 Å². The minimum absolute atomic E-state index is 0.103. The average Bonchev–Trinajstić information content (AvgIpc) is 1.75. The van der Waals surface area contributed by atoms with Crippen LogP contribution in [0.5, 0.6) is 0 Å². The predicted octanol–water partition coefficient (Wildman–Crippen LogP) is 8.23. The Hall–Kier alpha value is -11.8. The second-order valence-corrected chi connectivity index (χ2v) is 19.9. The molecular weight excluding hydrogens is 1190 g/mol. The molecule has 15 aromatic rings. The van der Waals surface area contributed by atoms with Crippen molar-refractivity contribution in [1.29, 1.82) is 0 Å². The van der Waals surface area contributed by atoms with Gasteiger partial charge >= 0.3 is 33.4 Å². The summed E-state index contributed by atoms with van der Waals surface area (Å²) in [6, 6.07) is 55.4. The second-order valence-electron chi connectivity index (χ2n) is 18.8. The van der Waals surface area contributed by atoms with Crippen molar-refractivity contribution in [2.75, 3.05) is 0 Å². The van der Waals surface area contributed by atoms with Crippen LogP contribution in [-0.4, -0.2) is 68.9 Å². The van der Waals surface area contributed by atoms with Crippen LogP contribution in [0.15, 0.2) is 237 Å². The lowest BCUT2D eigenvalue weighted by Gasteiger charge is -2.11. The molecule has 7 heterocycles. The summed E-state index contributed by atoms with van der Waals surface area (Å²) in [4.78, 5) is 143. The number of fused-ring (bicyclic) bond motifs is 7.